The Bertz CT molecular complexity index is 418. The molecular formula is C10H11N3. The lowest BCUT2D eigenvalue weighted by Crippen LogP contribution is -1.91. The molecule has 0 aliphatic heterocycles. The Hall–Kier alpha value is -1.77. The molecule has 2 aromatic rings. The van der Waals surface area contributed by atoms with Crippen LogP contribution < -0.4 is 5.73 Å². The van der Waals surface area contributed by atoms with Crippen LogP contribution >= 0.6 is 0 Å². The van der Waals surface area contributed by atoms with Crippen LogP contribution in [0.3, 0.4) is 0 Å². The largest absolute Gasteiger partial charge is 0.398 e. The van der Waals surface area contributed by atoms with Crippen LogP contribution in [-0.4, -0.2) is 9.78 Å². The summed E-state index contributed by atoms with van der Waals surface area (Å²) in [5, 5.41) is 4.28. The fourth-order valence-corrected chi connectivity index (χ4v) is 1.29. The van der Waals surface area contributed by atoms with E-state index in [1.807, 2.05) is 43.6 Å². The second kappa shape index (κ2) is 2.94. The molecule has 1 aromatic carbocycles. The van der Waals surface area contributed by atoms with Crippen molar-refractivity contribution in [2.24, 2.45) is 7.05 Å². The molecule has 0 atom stereocenters. The van der Waals surface area contributed by atoms with Crippen molar-refractivity contribution in [3.63, 3.8) is 0 Å². The molecule has 0 unspecified atom stereocenters. The van der Waals surface area contributed by atoms with E-state index in [2.05, 4.69) is 5.10 Å². The van der Waals surface area contributed by atoms with Crippen molar-refractivity contribution in [3.8, 4) is 11.3 Å². The highest BCUT2D eigenvalue weighted by Crippen LogP contribution is 2.22. The maximum absolute atomic E-state index is 5.81. The number of nitrogens with zero attached hydrogens (tertiary/aromatic N) is 2. The number of hydrogen-bond donors (Lipinski definition) is 1. The third-order valence-corrected chi connectivity index (χ3v) is 1.95. The molecule has 1 aromatic heterocycles. The first-order valence-corrected chi connectivity index (χ1v) is 4.12. The number of nitrogen functional groups attached to an aromatic ring is 1. The Morgan fingerprint density at radius 1 is 1.23 bits per heavy atom. The SMILES string of the molecule is Cn1ccc(-c2ccccc2N)n1. The molecule has 0 spiro atoms. The lowest BCUT2D eigenvalue weighted by molar-refractivity contribution is 0.771. The first-order chi connectivity index (χ1) is 6.27. The third-order valence-electron chi connectivity index (χ3n) is 1.95. The number of aryl methyl sites for hydroxylation is 1. The van der Waals surface area contributed by atoms with Gasteiger partial charge in [0.2, 0.25) is 0 Å². The van der Waals surface area contributed by atoms with Gasteiger partial charge in [-0.2, -0.15) is 5.10 Å². The molecule has 2 rings (SSSR count). The highest BCUT2D eigenvalue weighted by Gasteiger charge is 2.03. The van der Waals surface area contributed by atoms with Crippen molar-refractivity contribution in [3.05, 3.63) is 36.5 Å². The van der Waals surface area contributed by atoms with Gasteiger partial charge in [0.1, 0.15) is 0 Å². The Morgan fingerprint density at radius 2 is 2.00 bits per heavy atom. The molecule has 0 fully saturated rings. The van der Waals surface area contributed by atoms with Gasteiger partial charge >= 0.3 is 0 Å². The van der Waals surface area contributed by atoms with E-state index in [0.29, 0.717) is 0 Å². The van der Waals surface area contributed by atoms with Gasteiger partial charge in [-0.15, -0.1) is 0 Å². The molecule has 0 aliphatic carbocycles. The van der Waals surface area contributed by atoms with E-state index in [9.17, 15) is 0 Å². The average molecular weight is 173 g/mol. The smallest absolute Gasteiger partial charge is 0.0943 e. The van der Waals surface area contributed by atoms with Gasteiger partial charge in [-0.05, 0) is 12.1 Å². The van der Waals surface area contributed by atoms with E-state index in [0.717, 1.165) is 16.9 Å². The number of rotatable bonds is 1. The number of para-hydroxylation sites is 1. The molecule has 3 heteroatoms. The topological polar surface area (TPSA) is 43.8 Å². The van der Waals surface area contributed by atoms with Crippen LogP contribution in [0.5, 0.6) is 0 Å². The summed E-state index contributed by atoms with van der Waals surface area (Å²) >= 11 is 0. The number of hydrogen-bond acceptors (Lipinski definition) is 2. The van der Waals surface area contributed by atoms with Crippen LogP contribution in [-0.2, 0) is 7.05 Å². The highest BCUT2D eigenvalue weighted by atomic mass is 15.2. The zero-order chi connectivity index (χ0) is 9.26. The maximum atomic E-state index is 5.81. The number of anilines is 1. The molecule has 2 N–H and O–H groups in total. The van der Waals surface area contributed by atoms with Crippen LogP contribution in [0.4, 0.5) is 5.69 Å². The van der Waals surface area contributed by atoms with Crippen molar-refractivity contribution >= 4 is 5.69 Å². The van der Waals surface area contributed by atoms with Crippen LogP contribution in [0, 0.1) is 0 Å². The van der Waals surface area contributed by atoms with E-state index in [-0.39, 0.29) is 0 Å². The van der Waals surface area contributed by atoms with E-state index < -0.39 is 0 Å². The molecule has 0 amide bonds. The Morgan fingerprint density at radius 3 is 2.62 bits per heavy atom. The van der Waals surface area contributed by atoms with Gasteiger partial charge in [-0.3, -0.25) is 4.68 Å². The summed E-state index contributed by atoms with van der Waals surface area (Å²) < 4.78 is 1.77. The maximum Gasteiger partial charge on any atom is 0.0943 e. The van der Waals surface area contributed by atoms with E-state index in [1.165, 1.54) is 0 Å². The average Bonchev–Trinajstić information content (AvgIpc) is 2.53. The monoisotopic (exact) mass is 173 g/mol. The molecule has 0 saturated carbocycles. The molecule has 0 saturated heterocycles. The second-order valence-corrected chi connectivity index (χ2v) is 2.96. The zero-order valence-corrected chi connectivity index (χ0v) is 7.44. The molecule has 13 heavy (non-hydrogen) atoms. The van der Waals surface area contributed by atoms with Crippen LogP contribution in [0.15, 0.2) is 36.5 Å². The molecule has 0 bridgehead atoms. The quantitative estimate of drug-likeness (QED) is 0.666. The standard InChI is InChI=1S/C10H11N3/c1-13-7-6-10(12-13)8-4-2-3-5-9(8)11/h2-7H,11H2,1H3. The summed E-state index contributed by atoms with van der Waals surface area (Å²) in [5.74, 6) is 0. The van der Waals surface area contributed by atoms with Crippen molar-refractivity contribution in [1.82, 2.24) is 9.78 Å². The Balaban J connectivity index is 2.52. The summed E-state index contributed by atoms with van der Waals surface area (Å²) in [6, 6.07) is 9.68. The minimum absolute atomic E-state index is 0.765. The minimum Gasteiger partial charge on any atom is -0.398 e. The minimum atomic E-state index is 0.765. The Kier molecular flexibility index (Phi) is 1.77. The fraction of sp³-hybridized carbons (Fsp3) is 0.100. The van der Waals surface area contributed by atoms with Crippen LogP contribution in [0.2, 0.25) is 0 Å². The van der Waals surface area contributed by atoms with E-state index in [1.54, 1.807) is 4.68 Å². The van der Waals surface area contributed by atoms with Gasteiger partial charge in [-0.25, -0.2) is 0 Å². The lowest BCUT2D eigenvalue weighted by Gasteiger charge is -2.00. The first-order valence-electron chi connectivity index (χ1n) is 4.12. The van der Waals surface area contributed by atoms with Gasteiger partial charge in [0.05, 0.1) is 5.69 Å². The normalized spacial score (nSPS) is 10.2. The summed E-state index contributed by atoms with van der Waals surface area (Å²) in [6.45, 7) is 0. The Labute approximate surface area is 76.8 Å². The molecule has 1 heterocycles. The van der Waals surface area contributed by atoms with E-state index in [4.69, 9.17) is 5.73 Å². The van der Waals surface area contributed by atoms with E-state index >= 15 is 0 Å². The second-order valence-electron chi connectivity index (χ2n) is 2.96. The molecule has 0 radical (unpaired) electrons. The molecule has 3 nitrogen and oxygen atoms in total. The highest BCUT2D eigenvalue weighted by molar-refractivity contribution is 5.73. The number of nitrogens with two attached hydrogens (primary N) is 1. The van der Waals surface area contributed by atoms with Crippen LogP contribution in [0.25, 0.3) is 11.3 Å². The molecular weight excluding hydrogens is 162 g/mol. The third kappa shape index (κ3) is 1.40. The predicted molar refractivity (Wildman–Crippen MR) is 53.1 cm³/mol. The van der Waals surface area contributed by atoms with Crippen LogP contribution in [0.1, 0.15) is 0 Å². The zero-order valence-electron chi connectivity index (χ0n) is 7.44. The van der Waals surface area contributed by atoms with Gasteiger partial charge in [0, 0.05) is 24.5 Å². The van der Waals surface area contributed by atoms with Gasteiger partial charge < -0.3 is 5.73 Å². The summed E-state index contributed by atoms with van der Waals surface area (Å²) in [4.78, 5) is 0. The lowest BCUT2D eigenvalue weighted by atomic mass is 10.1. The summed E-state index contributed by atoms with van der Waals surface area (Å²) in [7, 11) is 1.89. The van der Waals surface area contributed by atoms with Crippen molar-refractivity contribution in [2.45, 2.75) is 0 Å². The predicted octanol–water partition coefficient (Wildman–Crippen LogP) is 1.67. The summed E-state index contributed by atoms with van der Waals surface area (Å²) in [6.07, 6.45) is 1.90. The fourth-order valence-electron chi connectivity index (χ4n) is 1.29. The van der Waals surface area contributed by atoms with Gasteiger partial charge in [0.15, 0.2) is 0 Å². The van der Waals surface area contributed by atoms with Crippen molar-refractivity contribution in [2.75, 3.05) is 5.73 Å². The molecule has 0 aliphatic rings. The first kappa shape index (κ1) is 7.86. The molecule has 66 valence electrons. The summed E-state index contributed by atoms with van der Waals surface area (Å²) in [5.41, 5.74) is 8.48. The number of aromatic nitrogens is 2. The van der Waals surface area contributed by atoms with Gasteiger partial charge in [-0.1, -0.05) is 18.2 Å². The van der Waals surface area contributed by atoms with Gasteiger partial charge in [0.25, 0.3) is 0 Å². The van der Waals surface area contributed by atoms with Crippen molar-refractivity contribution in [1.29, 1.82) is 0 Å². The van der Waals surface area contributed by atoms with Crippen molar-refractivity contribution < 1.29 is 0 Å². The number of benzene rings is 1.